The fourth-order valence-corrected chi connectivity index (χ4v) is 3.84. The second-order valence-electron chi connectivity index (χ2n) is 6.84. The monoisotopic (exact) mass is 382 g/mol. The van der Waals surface area contributed by atoms with Crippen LogP contribution in [0.3, 0.4) is 0 Å². The predicted molar refractivity (Wildman–Crippen MR) is 113 cm³/mol. The molecule has 0 fully saturated rings. The van der Waals surface area contributed by atoms with E-state index in [1.54, 1.807) is 6.20 Å². The van der Waals surface area contributed by atoms with Gasteiger partial charge in [0.05, 0.1) is 19.2 Å². The molecule has 0 unspecified atom stereocenters. The van der Waals surface area contributed by atoms with Gasteiger partial charge < -0.3 is 9.72 Å². The zero-order valence-electron chi connectivity index (χ0n) is 16.2. The quantitative estimate of drug-likeness (QED) is 0.394. The number of methoxy groups -OCH3 is 1. The number of aromatic nitrogens is 2. The second-order valence-corrected chi connectivity index (χ2v) is 6.84. The van der Waals surface area contributed by atoms with Gasteiger partial charge in [-0.25, -0.2) is 4.98 Å². The number of carbonyl (C=O) groups excluding carboxylic acids is 1. The van der Waals surface area contributed by atoms with Crippen LogP contribution >= 0.6 is 0 Å². The zero-order valence-corrected chi connectivity index (χ0v) is 16.2. The number of nitrogens with one attached hydrogen (secondary N) is 1. The molecule has 0 saturated heterocycles. The maximum absolute atomic E-state index is 11.8. The third-order valence-electron chi connectivity index (χ3n) is 5.16. The van der Waals surface area contributed by atoms with Crippen molar-refractivity contribution in [2.24, 2.45) is 0 Å². The van der Waals surface area contributed by atoms with Crippen molar-refractivity contribution in [3.8, 4) is 0 Å². The van der Waals surface area contributed by atoms with E-state index >= 15 is 0 Å². The van der Waals surface area contributed by atoms with Crippen LogP contribution < -0.4 is 0 Å². The van der Waals surface area contributed by atoms with Crippen molar-refractivity contribution in [1.82, 2.24) is 9.97 Å². The number of nitrogens with zero attached hydrogens (tertiary/aromatic N) is 1. The Hall–Kier alpha value is -3.66. The predicted octanol–water partition coefficient (Wildman–Crippen LogP) is 4.51. The first kappa shape index (κ1) is 18.7. The number of aromatic amines is 1. The van der Waals surface area contributed by atoms with Crippen LogP contribution in [0.15, 0.2) is 97.2 Å². The van der Waals surface area contributed by atoms with Gasteiger partial charge in [0.15, 0.2) is 0 Å². The average Bonchev–Trinajstić information content (AvgIpc) is 3.25. The van der Waals surface area contributed by atoms with E-state index in [1.807, 2.05) is 54.6 Å². The smallest absolute Gasteiger partial charge is 0.311 e. The summed E-state index contributed by atoms with van der Waals surface area (Å²) in [6.07, 6.45) is 1.91. The maximum atomic E-state index is 11.8. The number of H-pyrrole nitrogens is 1. The van der Waals surface area contributed by atoms with Crippen LogP contribution in [-0.2, 0) is 21.4 Å². The van der Waals surface area contributed by atoms with Gasteiger partial charge in [0.25, 0.3) is 0 Å². The molecule has 29 heavy (non-hydrogen) atoms. The number of ether oxygens (including phenoxy) is 1. The van der Waals surface area contributed by atoms with Crippen molar-refractivity contribution in [3.05, 3.63) is 125 Å². The Morgan fingerprint density at radius 3 is 1.69 bits per heavy atom. The first-order chi connectivity index (χ1) is 14.2. The molecule has 0 aliphatic carbocycles. The lowest BCUT2D eigenvalue weighted by Crippen LogP contribution is -2.32. The highest BCUT2D eigenvalue weighted by Crippen LogP contribution is 2.43. The highest BCUT2D eigenvalue weighted by molar-refractivity contribution is 5.71. The molecular formula is C25H22N2O2. The summed E-state index contributed by atoms with van der Waals surface area (Å²) in [5, 5.41) is 0. The van der Waals surface area contributed by atoms with Gasteiger partial charge in [-0.15, -0.1) is 0 Å². The van der Waals surface area contributed by atoms with Crippen molar-refractivity contribution in [3.63, 3.8) is 0 Å². The fraction of sp³-hybridized carbons (Fsp3) is 0.120. The van der Waals surface area contributed by atoms with E-state index in [4.69, 9.17) is 9.72 Å². The van der Waals surface area contributed by atoms with Crippen molar-refractivity contribution >= 4 is 5.97 Å². The number of carbonyl (C=O) groups is 1. The van der Waals surface area contributed by atoms with Crippen LogP contribution in [0, 0.1) is 0 Å². The second kappa shape index (κ2) is 8.15. The molecule has 1 N–H and O–H groups in total. The minimum Gasteiger partial charge on any atom is -0.469 e. The lowest BCUT2D eigenvalue weighted by atomic mass is 9.69. The standard InChI is InChI=1S/C25H22N2O2/c1-29-23(28)17-22-18-26-24(27-22)25(19-11-5-2-6-12-19,20-13-7-3-8-14-20)21-15-9-4-10-16-21/h2-16,18H,17H2,1H3,(H,26,27). The Bertz CT molecular complexity index is 977. The van der Waals surface area contributed by atoms with E-state index in [2.05, 4.69) is 41.4 Å². The highest BCUT2D eigenvalue weighted by atomic mass is 16.5. The number of esters is 1. The molecule has 3 aromatic carbocycles. The van der Waals surface area contributed by atoms with Gasteiger partial charge in [-0.1, -0.05) is 91.0 Å². The van der Waals surface area contributed by atoms with Gasteiger partial charge >= 0.3 is 5.97 Å². The third kappa shape index (κ3) is 3.45. The van der Waals surface area contributed by atoms with Crippen LogP contribution in [0.5, 0.6) is 0 Å². The summed E-state index contributed by atoms with van der Waals surface area (Å²) >= 11 is 0. The molecule has 144 valence electrons. The normalized spacial score (nSPS) is 11.2. The van der Waals surface area contributed by atoms with Crippen LogP contribution in [-0.4, -0.2) is 23.0 Å². The van der Waals surface area contributed by atoms with Crippen LogP contribution in [0.4, 0.5) is 0 Å². The summed E-state index contributed by atoms with van der Waals surface area (Å²) in [5.41, 5.74) is 3.29. The van der Waals surface area contributed by atoms with Gasteiger partial charge in [-0.05, 0) is 16.7 Å². The maximum Gasteiger partial charge on any atom is 0.311 e. The Morgan fingerprint density at radius 1 is 0.828 bits per heavy atom. The topological polar surface area (TPSA) is 55.0 Å². The number of hydrogen-bond acceptors (Lipinski definition) is 3. The van der Waals surface area contributed by atoms with E-state index in [-0.39, 0.29) is 12.4 Å². The molecule has 1 aromatic heterocycles. The molecule has 1 heterocycles. The first-order valence-corrected chi connectivity index (χ1v) is 9.53. The minimum atomic E-state index is -0.641. The van der Waals surface area contributed by atoms with Crippen molar-refractivity contribution in [2.75, 3.05) is 7.11 Å². The van der Waals surface area contributed by atoms with Gasteiger partial charge in [0, 0.05) is 6.20 Å². The van der Waals surface area contributed by atoms with Crippen molar-refractivity contribution < 1.29 is 9.53 Å². The fourth-order valence-electron chi connectivity index (χ4n) is 3.84. The van der Waals surface area contributed by atoms with Gasteiger partial charge in [-0.3, -0.25) is 4.79 Å². The lowest BCUT2D eigenvalue weighted by molar-refractivity contribution is -0.139. The molecule has 4 nitrogen and oxygen atoms in total. The number of benzene rings is 3. The average molecular weight is 382 g/mol. The van der Waals surface area contributed by atoms with Gasteiger partial charge in [-0.2, -0.15) is 0 Å². The Morgan fingerprint density at radius 2 is 1.28 bits per heavy atom. The summed E-state index contributed by atoms with van der Waals surface area (Å²) in [6.45, 7) is 0. The molecule has 0 aliphatic rings. The summed E-state index contributed by atoms with van der Waals surface area (Å²) in [5.74, 6) is 0.452. The van der Waals surface area contributed by atoms with Crippen molar-refractivity contribution in [2.45, 2.75) is 11.8 Å². The molecule has 4 heteroatoms. The van der Waals surface area contributed by atoms with E-state index in [1.165, 1.54) is 7.11 Å². The lowest BCUT2D eigenvalue weighted by Gasteiger charge is -2.34. The Balaban J connectivity index is 2.00. The number of imidazole rings is 1. The molecule has 0 bridgehead atoms. The Kier molecular flexibility index (Phi) is 5.25. The van der Waals surface area contributed by atoms with E-state index in [0.717, 1.165) is 22.5 Å². The molecule has 0 atom stereocenters. The molecule has 0 aliphatic heterocycles. The van der Waals surface area contributed by atoms with E-state index in [0.29, 0.717) is 5.69 Å². The van der Waals surface area contributed by atoms with Crippen LogP contribution in [0.25, 0.3) is 0 Å². The summed E-state index contributed by atoms with van der Waals surface area (Å²) < 4.78 is 4.81. The molecule has 0 saturated carbocycles. The molecule has 0 spiro atoms. The summed E-state index contributed by atoms with van der Waals surface area (Å²) in [7, 11) is 1.39. The molecule has 4 rings (SSSR count). The summed E-state index contributed by atoms with van der Waals surface area (Å²) in [4.78, 5) is 20.0. The number of hydrogen-bond donors (Lipinski definition) is 1. The summed E-state index contributed by atoms with van der Waals surface area (Å²) in [6, 6.07) is 30.9. The first-order valence-electron chi connectivity index (χ1n) is 9.53. The van der Waals surface area contributed by atoms with Crippen molar-refractivity contribution in [1.29, 1.82) is 0 Å². The Labute approximate surface area is 170 Å². The molecule has 0 radical (unpaired) electrons. The van der Waals surface area contributed by atoms with Gasteiger partial charge in [0.2, 0.25) is 0 Å². The minimum absolute atomic E-state index is 0.126. The highest BCUT2D eigenvalue weighted by Gasteiger charge is 2.40. The van der Waals surface area contributed by atoms with E-state index in [9.17, 15) is 4.79 Å². The van der Waals surface area contributed by atoms with E-state index < -0.39 is 5.41 Å². The molecular weight excluding hydrogens is 360 g/mol. The SMILES string of the molecule is COC(=O)Cc1c[nH]c(C(c2ccccc2)(c2ccccc2)c2ccccc2)n1. The number of rotatable bonds is 6. The molecule has 0 amide bonds. The van der Waals surface area contributed by atoms with Gasteiger partial charge in [0.1, 0.15) is 11.2 Å². The zero-order chi connectivity index (χ0) is 20.1. The largest absolute Gasteiger partial charge is 0.469 e. The van der Waals surface area contributed by atoms with Crippen LogP contribution in [0.2, 0.25) is 0 Å². The third-order valence-corrected chi connectivity index (χ3v) is 5.16. The molecule has 4 aromatic rings. The van der Waals surface area contributed by atoms with Crippen LogP contribution in [0.1, 0.15) is 28.2 Å².